The smallest absolute Gasteiger partial charge is 0.196 e. The van der Waals surface area contributed by atoms with Gasteiger partial charge in [0, 0.05) is 13.1 Å². The number of ketones is 1. The molecule has 1 aliphatic heterocycles. The molecule has 2 rings (SSSR count). The molecule has 0 bridgehead atoms. The molecule has 0 aromatic heterocycles. The zero-order valence-corrected chi connectivity index (χ0v) is 12.0. The van der Waals surface area contributed by atoms with Gasteiger partial charge >= 0.3 is 0 Å². The van der Waals surface area contributed by atoms with Crippen molar-refractivity contribution >= 4 is 5.78 Å². The molecule has 4 heteroatoms. The summed E-state index contributed by atoms with van der Waals surface area (Å²) < 4.78 is 11.0. The number of ether oxygens (including phenoxy) is 2. The molecule has 0 spiro atoms. The Morgan fingerprint density at radius 1 is 1.42 bits per heavy atom. The second-order valence-corrected chi connectivity index (χ2v) is 5.15. The molecule has 0 aliphatic carbocycles. The van der Waals surface area contributed by atoms with E-state index in [0.29, 0.717) is 24.5 Å². The second-order valence-electron chi connectivity index (χ2n) is 5.15. The number of hydrogen-bond acceptors (Lipinski definition) is 4. The first-order valence-electron chi connectivity index (χ1n) is 6.52. The van der Waals surface area contributed by atoms with E-state index in [0.717, 1.165) is 17.7 Å². The van der Waals surface area contributed by atoms with E-state index in [4.69, 9.17) is 9.47 Å². The number of benzene rings is 1. The normalized spacial score (nSPS) is 20.3. The molecule has 1 saturated heterocycles. The van der Waals surface area contributed by atoms with E-state index < -0.39 is 6.10 Å². The maximum Gasteiger partial charge on any atom is 0.196 e. The van der Waals surface area contributed by atoms with Crippen LogP contribution in [0.4, 0.5) is 0 Å². The van der Waals surface area contributed by atoms with Gasteiger partial charge in [-0.2, -0.15) is 0 Å². The fraction of sp³-hybridized carbons (Fsp3) is 0.533. The molecule has 1 unspecified atom stereocenters. The summed E-state index contributed by atoms with van der Waals surface area (Å²) >= 11 is 0. The van der Waals surface area contributed by atoms with Crippen LogP contribution in [0.25, 0.3) is 0 Å². The average Bonchev–Trinajstić information content (AvgIpc) is 2.37. The van der Waals surface area contributed by atoms with E-state index >= 15 is 0 Å². The number of rotatable bonds is 3. The molecule has 0 radical (unpaired) electrons. The molecule has 19 heavy (non-hydrogen) atoms. The van der Waals surface area contributed by atoms with E-state index in [1.54, 1.807) is 7.11 Å². The lowest BCUT2D eigenvalue weighted by atomic mass is 9.97. The van der Waals surface area contributed by atoms with Gasteiger partial charge in [0.2, 0.25) is 0 Å². The number of methoxy groups -OCH3 is 1. The van der Waals surface area contributed by atoms with Crippen LogP contribution in [0.2, 0.25) is 0 Å². The highest BCUT2D eigenvalue weighted by atomic mass is 16.5. The quantitative estimate of drug-likeness (QED) is 0.780. The summed E-state index contributed by atoms with van der Waals surface area (Å²) in [5.41, 5.74) is 2.68. The van der Waals surface area contributed by atoms with Crippen molar-refractivity contribution in [3.63, 3.8) is 0 Å². The summed E-state index contributed by atoms with van der Waals surface area (Å²) in [5.74, 6) is 0.653. The van der Waals surface area contributed by atoms with E-state index in [1.807, 2.05) is 33.0 Å². The van der Waals surface area contributed by atoms with Crippen LogP contribution in [-0.4, -0.2) is 50.6 Å². The van der Waals surface area contributed by atoms with Gasteiger partial charge < -0.3 is 14.4 Å². The minimum absolute atomic E-state index is 0.0147. The van der Waals surface area contributed by atoms with Gasteiger partial charge in [-0.05, 0) is 38.1 Å². The topological polar surface area (TPSA) is 38.8 Å². The molecule has 104 valence electrons. The summed E-state index contributed by atoms with van der Waals surface area (Å²) in [4.78, 5) is 14.7. The van der Waals surface area contributed by atoms with Crippen molar-refractivity contribution in [1.29, 1.82) is 0 Å². The number of carbonyl (C=O) groups is 1. The van der Waals surface area contributed by atoms with Crippen LogP contribution < -0.4 is 4.74 Å². The van der Waals surface area contributed by atoms with Crippen molar-refractivity contribution in [1.82, 2.24) is 4.90 Å². The largest absolute Gasteiger partial charge is 0.496 e. The lowest BCUT2D eigenvalue weighted by Crippen LogP contribution is -2.44. The summed E-state index contributed by atoms with van der Waals surface area (Å²) in [7, 11) is 3.60. The molecule has 4 nitrogen and oxygen atoms in total. The molecule has 1 heterocycles. The predicted molar refractivity (Wildman–Crippen MR) is 74.0 cm³/mol. The van der Waals surface area contributed by atoms with Gasteiger partial charge in [-0.25, -0.2) is 0 Å². The number of aryl methyl sites for hydroxylation is 2. The highest BCUT2D eigenvalue weighted by Crippen LogP contribution is 2.26. The molecule has 1 aromatic carbocycles. The first-order chi connectivity index (χ1) is 9.02. The molecule has 1 fully saturated rings. The van der Waals surface area contributed by atoms with Crippen LogP contribution in [0.1, 0.15) is 21.5 Å². The van der Waals surface area contributed by atoms with Crippen LogP contribution in [0, 0.1) is 13.8 Å². The zero-order valence-electron chi connectivity index (χ0n) is 12.0. The predicted octanol–water partition coefficient (Wildman–Crippen LogP) is 1.83. The van der Waals surface area contributed by atoms with E-state index in [9.17, 15) is 4.79 Å². The van der Waals surface area contributed by atoms with Gasteiger partial charge in [-0.15, -0.1) is 0 Å². The lowest BCUT2D eigenvalue weighted by molar-refractivity contribution is -0.00879. The number of likely N-dealkylation sites (N-methyl/N-ethyl adjacent to an activating group) is 1. The molecule has 1 aromatic rings. The van der Waals surface area contributed by atoms with E-state index in [2.05, 4.69) is 4.90 Å². The van der Waals surface area contributed by atoms with Crippen LogP contribution >= 0.6 is 0 Å². The Balaban J connectivity index is 2.32. The number of carbonyl (C=O) groups excluding carboxylic acids is 1. The van der Waals surface area contributed by atoms with Crippen molar-refractivity contribution in [2.24, 2.45) is 0 Å². The minimum Gasteiger partial charge on any atom is -0.496 e. The van der Waals surface area contributed by atoms with Crippen LogP contribution in [-0.2, 0) is 4.74 Å². The fourth-order valence-electron chi connectivity index (χ4n) is 2.50. The Bertz CT molecular complexity index is 485. The second kappa shape index (κ2) is 5.72. The van der Waals surface area contributed by atoms with Crippen molar-refractivity contribution in [2.75, 3.05) is 33.9 Å². The Morgan fingerprint density at radius 3 is 2.79 bits per heavy atom. The molecule has 0 N–H and O–H groups in total. The summed E-state index contributed by atoms with van der Waals surface area (Å²) in [6.45, 7) is 6.03. The average molecular weight is 263 g/mol. The van der Waals surface area contributed by atoms with Gasteiger partial charge in [0.15, 0.2) is 5.78 Å². The maximum atomic E-state index is 12.6. The third-order valence-corrected chi connectivity index (χ3v) is 3.47. The first-order valence-corrected chi connectivity index (χ1v) is 6.52. The number of nitrogens with zero attached hydrogens (tertiary/aromatic N) is 1. The van der Waals surface area contributed by atoms with E-state index in [1.165, 1.54) is 0 Å². The van der Waals surface area contributed by atoms with Gasteiger partial charge in [-0.1, -0.05) is 6.07 Å². The zero-order chi connectivity index (χ0) is 14.0. The number of morpholine rings is 1. The van der Waals surface area contributed by atoms with Crippen molar-refractivity contribution < 1.29 is 14.3 Å². The standard InChI is InChI=1S/C15H21NO3/c1-10-7-11(2)14(12(8-10)18-4)15(17)13-9-16(3)5-6-19-13/h7-8,13H,5-6,9H2,1-4H3. The third-order valence-electron chi connectivity index (χ3n) is 3.47. The van der Waals surface area contributed by atoms with E-state index in [-0.39, 0.29) is 5.78 Å². The summed E-state index contributed by atoms with van der Waals surface area (Å²) in [6.07, 6.45) is -0.394. The Labute approximate surface area is 114 Å². The SMILES string of the molecule is COc1cc(C)cc(C)c1C(=O)C1CN(C)CCO1. The van der Waals surface area contributed by atoms with Crippen LogP contribution in [0.3, 0.4) is 0 Å². The molecule has 0 amide bonds. The summed E-state index contributed by atoms with van der Waals surface area (Å²) in [5, 5.41) is 0. The number of hydrogen-bond donors (Lipinski definition) is 0. The number of Topliss-reactive ketones (excluding diaryl/α,β-unsaturated/α-hetero) is 1. The molecular formula is C15H21NO3. The van der Waals surface area contributed by atoms with Gasteiger partial charge in [0.05, 0.1) is 19.3 Å². The summed E-state index contributed by atoms with van der Waals surface area (Å²) in [6, 6.07) is 3.90. The highest BCUT2D eigenvalue weighted by Gasteiger charge is 2.29. The highest BCUT2D eigenvalue weighted by molar-refractivity contribution is 6.03. The van der Waals surface area contributed by atoms with Crippen LogP contribution in [0.15, 0.2) is 12.1 Å². The van der Waals surface area contributed by atoms with Crippen LogP contribution in [0.5, 0.6) is 5.75 Å². The lowest BCUT2D eigenvalue weighted by Gasteiger charge is -2.29. The van der Waals surface area contributed by atoms with Gasteiger partial charge in [0.1, 0.15) is 11.9 Å². The minimum atomic E-state index is -0.394. The third kappa shape index (κ3) is 2.96. The fourth-order valence-corrected chi connectivity index (χ4v) is 2.50. The van der Waals surface area contributed by atoms with Crippen molar-refractivity contribution in [3.8, 4) is 5.75 Å². The van der Waals surface area contributed by atoms with Crippen molar-refractivity contribution in [2.45, 2.75) is 20.0 Å². The first kappa shape index (κ1) is 14.0. The maximum absolute atomic E-state index is 12.6. The molecule has 0 saturated carbocycles. The molecular weight excluding hydrogens is 242 g/mol. The van der Waals surface area contributed by atoms with Gasteiger partial charge in [0.25, 0.3) is 0 Å². The Morgan fingerprint density at radius 2 is 2.16 bits per heavy atom. The molecule has 1 aliphatic rings. The Kier molecular flexibility index (Phi) is 4.22. The Hall–Kier alpha value is -1.39. The monoisotopic (exact) mass is 263 g/mol. The molecule has 1 atom stereocenters. The van der Waals surface area contributed by atoms with Crippen molar-refractivity contribution in [3.05, 3.63) is 28.8 Å². The van der Waals surface area contributed by atoms with Gasteiger partial charge in [-0.3, -0.25) is 4.79 Å².